The molecule has 2 aromatic rings. The molecular weight excluding hydrogens is 295 g/mol. The molecule has 0 N–H and O–H groups in total. The topological polar surface area (TPSA) is 27.1 Å². The Bertz CT molecular complexity index is 616. The summed E-state index contributed by atoms with van der Waals surface area (Å²) in [6, 6.07) is 5.40. The first-order chi connectivity index (χ1) is 9.02. The van der Waals surface area contributed by atoms with Crippen LogP contribution in [0.25, 0.3) is 10.9 Å². The largest absolute Gasteiger partial charge is 1.00 e. The molecule has 3 rings (SSSR count). The molecule has 2 atom stereocenters. The van der Waals surface area contributed by atoms with Crippen LogP contribution in [0.4, 0.5) is 12.9 Å². The zero-order valence-electron chi connectivity index (χ0n) is 11.4. The van der Waals surface area contributed by atoms with Gasteiger partial charge in [-0.3, -0.25) is 0 Å². The Labute approximate surface area is 157 Å². The molecular formula is C12H13BF3KN2O. The van der Waals surface area contributed by atoms with Crippen molar-refractivity contribution in [3.63, 3.8) is 0 Å². The first-order valence-corrected chi connectivity index (χ1v) is 6.15. The van der Waals surface area contributed by atoms with Crippen molar-refractivity contribution in [2.45, 2.75) is 24.9 Å². The Morgan fingerprint density at radius 2 is 2.15 bits per heavy atom. The van der Waals surface area contributed by atoms with Crippen LogP contribution < -0.4 is 51.4 Å². The van der Waals surface area contributed by atoms with E-state index in [0.717, 1.165) is 16.5 Å². The minimum absolute atomic E-state index is 0. The third-order valence-electron chi connectivity index (χ3n) is 3.70. The summed E-state index contributed by atoms with van der Waals surface area (Å²) in [4.78, 5) is 0. The van der Waals surface area contributed by atoms with Crippen LogP contribution in [0, 0.1) is 0 Å². The molecule has 0 spiro atoms. The molecule has 1 aromatic carbocycles. The number of aromatic nitrogens is 2. The summed E-state index contributed by atoms with van der Waals surface area (Å²) in [6.45, 7) is -4.44. The summed E-state index contributed by atoms with van der Waals surface area (Å²) in [6.07, 6.45) is 1.83. The molecule has 3 nitrogen and oxygen atoms in total. The summed E-state index contributed by atoms with van der Waals surface area (Å²) in [7, 11) is 1.56. The number of halogens is 3. The Morgan fingerprint density at radius 1 is 1.40 bits per heavy atom. The van der Waals surface area contributed by atoms with Gasteiger partial charge in [0.1, 0.15) is 6.73 Å². The van der Waals surface area contributed by atoms with Crippen LogP contribution in [-0.2, 0) is 11.5 Å². The third kappa shape index (κ3) is 3.00. The SMILES string of the molecule is COCn1ncc2c([C@@H]3C[C@H]3[B-](F)(F)F)cccc21.[K+]. The zero-order chi connectivity index (χ0) is 13.6. The number of nitrogens with zero attached hydrogens (tertiary/aromatic N) is 2. The Hall–Kier alpha value is 0.141. The van der Waals surface area contributed by atoms with Gasteiger partial charge in [0.15, 0.2) is 0 Å². The van der Waals surface area contributed by atoms with Crippen LogP contribution in [0.1, 0.15) is 17.9 Å². The Kier molecular flexibility index (Phi) is 5.03. The van der Waals surface area contributed by atoms with E-state index in [1.807, 2.05) is 6.07 Å². The van der Waals surface area contributed by atoms with Gasteiger partial charge in [-0.15, -0.1) is 0 Å². The van der Waals surface area contributed by atoms with Gasteiger partial charge in [0.2, 0.25) is 0 Å². The van der Waals surface area contributed by atoms with Crippen molar-refractivity contribution in [2.24, 2.45) is 0 Å². The maximum atomic E-state index is 12.7. The molecule has 0 amide bonds. The predicted octanol–water partition coefficient (Wildman–Crippen LogP) is 0.349. The maximum Gasteiger partial charge on any atom is 1.00 e. The average Bonchev–Trinajstić information content (AvgIpc) is 3.06. The second-order valence-electron chi connectivity index (χ2n) is 4.97. The molecule has 20 heavy (non-hydrogen) atoms. The summed E-state index contributed by atoms with van der Waals surface area (Å²) in [5.74, 6) is -1.54. The van der Waals surface area contributed by atoms with E-state index in [1.165, 1.54) is 0 Å². The van der Waals surface area contributed by atoms with E-state index in [1.54, 1.807) is 30.1 Å². The van der Waals surface area contributed by atoms with Crippen LogP contribution in [0.2, 0.25) is 5.82 Å². The predicted molar refractivity (Wildman–Crippen MR) is 66.9 cm³/mol. The summed E-state index contributed by atoms with van der Waals surface area (Å²) in [5, 5.41) is 4.96. The zero-order valence-corrected chi connectivity index (χ0v) is 14.5. The van der Waals surface area contributed by atoms with Gasteiger partial charge in [-0.1, -0.05) is 24.4 Å². The van der Waals surface area contributed by atoms with Crippen LogP contribution in [0.15, 0.2) is 24.4 Å². The van der Waals surface area contributed by atoms with Gasteiger partial charge in [0.25, 0.3) is 0 Å². The Balaban J connectivity index is 0.00000147. The first kappa shape index (κ1) is 16.5. The fraction of sp³-hybridized carbons (Fsp3) is 0.417. The molecule has 0 bridgehead atoms. The number of hydrogen-bond donors (Lipinski definition) is 0. The van der Waals surface area contributed by atoms with Gasteiger partial charge in [0.05, 0.1) is 11.7 Å². The smallest absolute Gasteiger partial charge is 0.449 e. The van der Waals surface area contributed by atoms with Gasteiger partial charge in [-0.25, -0.2) is 4.68 Å². The van der Waals surface area contributed by atoms with Crippen LogP contribution >= 0.6 is 0 Å². The monoisotopic (exact) mass is 308 g/mol. The number of fused-ring (bicyclic) bond motifs is 1. The molecule has 0 unspecified atom stereocenters. The van der Waals surface area contributed by atoms with Crippen molar-refractivity contribution in [3.05, 3.63) is 30.0 Å². The van der Waals surface area contributed by atoms with E-state index in [2.05, 4.69) is 5.10 Å². The molecule has 1 aliphatic rings. The number of benzene rings is 1. The first-order valence-electron chi connectivity index (χ1n) is 6.15. The molecule has 1 heterocycles. The molecule has 1 fully saturated rings. The van der Waals surface area contributed by atoms with Crippen molar-refractivity contribution in [2.75, 3.05) is 7.11 Å². The minimum atomic E-state index is -4.74. The van der Waals surface area contributed by atoms with Gasteiger partial charge >= 0.3 is 58.4 Å². The molecule has 1 aliphatic carbocycles. The molecule has 102 valence electrons. The quantitative estimate of drug-likeness (QED) is 0.762. The summed E-state index contributed by atoms with van der Waals surface area (Å²) >= 11 is 0. The van der Waals surface area contributed by atoms with E-state index in [0.29, 0.717) is 6.73 Å². The van der Waals surface area contributed by atoms with Gasteiger partial charge in [-0.05, 0) is 17.5 Å². The molecule has 0 aliphatic heterocycles. The second-order valence-corrected chi connectivity index (χ2v) is 4.97. The van der Waals surface area contributed by atoms with Gasteiger partial charge < -0.3 is 17.7 Å². The average molecular weight is 308 g/mol. The second kappa shape index (κ2) is 6.10. The number of hydrogen-bond acceptors (Lipinski definition) is 2. The third-order valence-corrected chi connectivity index (χ3v) is 3.70. The van der Waals surface area contributed by atoms with Crippen molar-refractivity contribution < 1.29 is 69.1 Å². The molecule has 1 saturated carbocycles. The number of ether oxygens (including phenoxy) is 1. The Morgan fingerprint density at radius 3 is 2.75 bits per heavy atom. The minimum Gasteiger partial charge on any atom is -0.449 e. The van der Waals surface area contributed by atoms with Crippen molar-refractivity contribution in [3.8, 4) is 0 Å². The molecule has 0 radical (unpaired) electrons. The van der Waals surface area contributed by atoms with E-state index >= 15 is 0 Å². The van der Waals surface area contributed by atoms with Crippen LogP contribution in [0.3, 0.4) is 0 Å². The van der Waals surface area contributed by atoms with Crippen molar-refractivity contribution in [1.82, 2.24) is 9.78 Å². The molecule has 8 heteroatoms. The number of methoxy groups -OCH3 is 1. The standard InChI is InChI=1S/C12H13BF3N2O.K/c1-19-7-18-12-4-2-3-8(10(12)6-17-18)9-5-11(9)13(14,15)16;/h2-4,6,9,11H,5,7H2,1H3;/q-1;+1/t9-,11+;/m0./s1. The fourth-order valence-electron chi connectivity index (χ4n) is 2.66. The van der Waals surface area contributed by atoms with E-state index < -0.39 is 18.7 Å². The van der Waals surface area contributed by atoms with E-state index in [9.17, 15) is 12.9 Å². The fourth-order valence-corrected chi connectivity index (χ4v) is 2.66. The normalized spacial score (nSPS) is 21.8. The molecule has 0 saturated heterocycles. The summed E-state index contributed by atoms with van der Waals surface area (Å²) in [5.41, 5.74) is 1.57. The molecule has 1 aromatic heterocycles. The number of rotatable bonds is 4. The maximum absolute atomic E-state index is 12.7. The van der Waals surface area contributed by atoms with Gasteiger partial charge in [0, 0.05) is 12.5 Å². The summed E-state index contributed by atoms with van der Waals surface area (Å²) < 4.78 is 44.8. The van der Waals surface area contributed by atoms with Crippen LogP contribution in [-0.4, -0.2) is 23.9 Å². The van der Waals surface area contributed by atoms with E-state index in [-0.39, 0.29) is 57.8 Å². The van der Waals surface area contributed by atoms with Gasteiger partial charge in [-0.2, -0.15) is 5.10 Å². The van der Waals surface area contributed by atoms with Crippen molar-refractivity contribution >= 4 is 17.9 Å². The van der Waals surface area contributed by atoms with Crippen LogP contribution in [0.5, 0.6) is 0 Å². The van der Waals surface area contributed by atoms with E-state index in [4.69, 9.17) is 4.74 Å². The van der Waals surface area contributed by atoms with Crippen molar-refractivity contribution in [1.29, 1.82) is 0 Å².